The van der Waals surface area contributed by atoms with E-state index in [2.05, 4.69) is 39.9 Å². The Balaban J connectivity index is 1.31. The van der Waals surface area contributed by atoms with Gasteiger partial charge in [-0.1, -0.05) is 42.5 Å². The first-order chi connectivity index (χ1) is 13.7. The van der Waals surface area contributed by atoms with E-state index in [-0.39, 0.29) is 11.8 Å². The van der Waals surface area contributed by atoms with Crippen molar-refractivity contribution in [2.45, 2.75) is 56.6 Å². The lowest BCUT2D eigenvalue weighted by Crippen LogP contribution is -2.43. The van der Waals surface area contributed by atoms with Crippen molar-refractivity contribution in [3.8, 4) is 11.3 Å². The molecule has 1 unspecified atom stereocenters. The molecule has 2 heterocycles. The first-order valence-electron chi connectivity index (χ1n) is 10.4. The Bertz CT molecular complexity index is 960. The first kappa shape index (κ1) is 17.6. The van der Waals surface area contributed by atoms with E-state index in [1.54, 1.807) is 6.33 Å². The molecule has 28 heavy (non-hydrogen) atoms. The van der Waals surface area contributed by atoms with Gasteiger partial charge < -0.3 is 9.67 Å². The van der Waals surface area contributed by atoms with Crippen LogP contribution in [0.5, 0.6) is 0 Å². The van der Waals surface area contributed by atoms with Crippen molar-refractivity contribution in [1.29, 1.82) is 0 Å². The molecule has 5 rings (SSSR count). The van der Waals surface area contributed by atoms with Crippen LogP contribution in [0.2, 0.25) is 0 Å². The number of rotatable bonds is 4. The van der Waals surface area contributed by atoms with Gasteiger partial charge in [0, 0.05) is 12.0 Å². The maximum Gasteiger partial charge on any atom is 0.166 e. The molecule has 0 spiro atoms. The second-order valence-corrected chi connectivity index (χ2v) is 8.41. The Morgan fingerprint density at radius 3 is 2.82 bits per heavy atom. The number of ketones is 1. The fourth-order valence-corrected chi connectivity index (χ4v) is 5.15. The summed E-state index contributed by atoms with van der Waals surface area (Å²) in [6.45, 7) is 0. The lowest BCUT2D eigenvalue weighted by molar-refractivity contribution is -0.141. The Labute approximate surface area is 165 Å². The predicted octanol–water partition coefficient (Wildman–Crippen LogP) is 4.61. The van der Waals surface area contributed by atoms with Gasteiger partial charge in [0.25, 0.3) is 0 Å². The van der Waals surface area contributed by atoms with Crippen LogP contribution in [-0.2, 0) is 4.79 Å². The van der Waals surface area contributed by atoms with E-state index in [0.717, 1.165) is 42.5 Å². The predicted molar refractivity (Wildman–Crippen MR) is 109 cm³/mol. The van der Waals surface area contributed by atoms with E-state index in [1.807, 2.05) is 18.3 Å². The van der Waals surface area contributed by atoms with Crippen molar-refractivity contribution in [3.63, 3.8) is 0 Å². The maximum absolute atomic E-state index is 13.2. The number of fused-ring (bicyclic) bond motifs is 3. The maximum atomic E-state index is 13.2. The monoisotopic (exact) mass is 374 g/mol. The highest BCUT2D eigenvalue weighted by Crippen LogP contribution is 2.43. The lowest BCUT2D eigenvalue weighted by Gasteiger charge is -2.36. The number of aliphatic hydroxyl groups is 1. The summed E-state index contributed by atoms with van der Waals surface area (Å²) in [6.07, 6.45) is 15.9. The molecule has 0 saturated heterocycles. The molecule has 1 saturated carbocycles. The molecule has 1 aromatic carbocycles. The zero-order valence-corrected chi connectivity index (χ0v) is 16.1. The van der Waals surface area contributed by atoms with Crippen LogP contribution in [0, 0.1) is 5.92 Å². The first-order valence-corrected chi connectivity index (χ1v) is 10.4. The number of hydrogen-bond donors (Lipinski definition) is 1. The largest absolute Gasteiger partial charge is 0.382 e. The van der Waals surface area contributed by atoms with E-state index in [0.29, 0.717) is 25.2 Å². The summed E-state index contributed by atoms with van der Waals surface area (Å²) in [4.78, 5) is 17.5. The topological polar surface area (TPSA) is 55.1 Å². The van der Waals surface area contributed by atoms with Gasteiger partial charge in [0.1, 0.15) is 5.60 Å². The lowest BCUT2D eigenvalue weighted by atomic mass is 9.72. The standard InChI is InChI=1S/C24H26N2O2/c27-23(24(28)12-10-18(11-13-24)17-6-2-1-3-7-17)14-21-19-8-4-5-9-20(19)22-15-25-16-26(21)22/h2,4-9,15-16,18,21,28H,1,3,10-14H2. The summed E-state index contributed by atoms with van der Waals surface area (Å²) in [5.74, 6) is 0.456. The zero-order chi connectivity index (χ0) is 19.1. The van der Waals surface area contributed by atoms with Gasteiger partial charge in [-0.3, -0.25) is 4.79 Å². The molecule has 2 aliphatic carbocycles. The molecule has 1 N–H and O–H groups in total. The minimum atomic E-state index is -1.19. The van der Waals surface area contributed by atoms with Gasteiger partial charge >= 0.3 is 0 Å². The molecule has 144 valence electrons. The number of aromatic nitrogens is 2. The third kappa shape index (κ3) is 2.87. The van der Waals surface area contributed by atoms with Crippen molar-refractivity contribution < 1.29 is 9.90 Å². The van der Waals surface area contributed by atoms with Crippen LogP contribution < -0.4 is 0 Å². The fourth-order valence-electron chi connectivity index (χ4n) is 5.15. The normalized spacial score (nSPS) is 28.5. The molecule has 3 aliphatic rings. The number of imidazole rings is 1. The molecule has 1 atom stereocenters. The molecule has 0 radical (unpaired) electrons. The van der Waals surface area contributed by atoms with E-state index in [4.69, 9.17) is 0 Å². The molecule has 1 aliphatic heterocycles. The van der Waals surface area contributed by atoms with Crippen molar-refractivity contribution in [1.82, 2.24) is 9.55 Å². The van der Waals surface area contributed by atoms with E-state index < -0.39 is 5.60 Å². The SMILES string of the molecule is O=C(CC1c2ccccc2-c2cncn21)C1(O)CCC(C2=CCCC=C2)CC1. The minimum Gasteiger partial charge on any atom is -0.382 e. The Morgan fingerprint density at radius 2 is 2.04 bits per heavy atom. The molecule has 2 aromatic rings. The van der Waals surface area contributed by atoms with Crippen molar-refractivity contribution in [3.05, 3.63) is 66.2 Å². The van der Waals surface area contributed by atoms with Crippen LogP contribution in [0.25, 0.3) is 11.3 Å². The Hall–Kier alpha value is -2.46. The number of allylic oxidation sites excluding steroid dienone is 4. The number of benzene rings is 1. The highest BCUT2D eigenvalue weighted by Gasteiger charge is 2.42. The average molecular weight is 374 g/mol. The summed E-state index contributed by atoms with van der Waals surface area (Å²) in [7, 11) is 0. The van der Waals surface area contributed by atoms with Gasteiger partial charge in [0.15, 0.2) is 5.78 Å². The Morgan fingerprint density at radius 1 is 1.21 bits per heavy atom. The van der Waals surface area contributed by atoms with Gasteiger partial charge in [-0.25, -0.2) is 4.98 Å². The second-order valence-electron chi connectivity index (χ2n) is 8.41. The zero-order valence-electron chi connectivity index (χ0n) is 16.1. The van der Waals surface area contributed by atoms with Crippen LogP contribution in [0.15, 0.2) is 60.6 Å². The quantitative estimate of drug-likeness (QED) is 0.850. The smallest absolute Gasteiger partial charge is 0.166 e. The van der Waals surface area contributed by atoms with Gasteiger partial charge in [-0.05, 0) is 55.6 Å². The summed E-state index contributed by atoms with van der Waals surface area (Å²) in [6, 6.07) is 8.14. The second kappa shape index (κ2) is 6.85. The van der Waals surface area contributed by atoms with E-state index >= 15 is 0 Å². The summed E-state index contributed by atoms with van der Waals surface area (Å²) in [5, 5.41) is 11.2. The van der Waals surface area contributed by atoms with E-state index in [1.165, 1.54) is 5.57 Å². The summed E-state index contributed by atoms with van der Waals surface area (Å²) in [5.41, 5.74) is 3.56. The number of carbonyl (C=O) groups excluding carboxylic acids is 1. The molecule has 0 amide bonds. The Kier molecular flexibility index (Phi) is 4.31. The number of hydrogen-bond acceptors (Lipinski definition) is 3. The number of Topliss-reactive ketones (excluding diaryl/α,β-unsaturated/α-hetero) is 1. The van der Waals surface area contributed by atoms with E-state index in [9.17, 15) is 9.90 Å². The molecule has 4 nitrogen and oxygen atoms in total. The molecule has 4 heteroatoms. The molecule has 1 fully saturated rings. The number of carbonyl (C=O) groups is 1. The van der Waals surface area contributed by atoms with Crippen molar-refractivity contribution in [2.24, 2.45) is 5.92 Å². The van der Waals surface area contributed by atoms with Crippen LogP contribution >= 0.6 is 0 Å². The van der Waals surface area contributed by atoms with Crippen LogP contribution in [-0.4, -0.2) is 26.0 Å². The van der Waals surface area contributed by atoms with Gasteiger partial charge in [-0.2, -0.15) is 0 Å². The fraction of sp³-hybridized carbons (Fsp3) is 0.417. The van der Waals surface area contributed by atoms with Crippen molar-refractivity contribution >= 4 is 5.78 Å². The minimum absolute atomic E-state index is 0.0273. The average Bonchev–Trinajstić information content (AvgIpc) is 3.32. The van der Waals surface area contributed by atoms with Gasteiger partial charge in [0.05, 0.1) is 24.3 Å². The molecule has 0 bridgehead atoms. The molecule has 1 aromatic heterocycles. The third-order valence-corrected chi connectivity index (χ3v) is 6.80. The van der Waals surface area contributed by atoms with Crippen LogP contribution in [0.3, 0.4) is 0 Å². The van der Waals surface area contributed by atoms with Gasteiger partial charge in [-0.15, -0.1) is 0 Å². The van der Waals surface area contributed by atoms with Crippen molar-refractivity contribution in [2.75, 3.05) is 0 Å². The summed E-state index contributed by atoms with van der Waals surface area (Å²) < 4.78 is 2.08. The highest BCUT2D eigenvalue weighted by molar-refractivity contribution is 5.88. The van der Waals surface area contributed by atoms with Crippen LogP contribution in [0.1, 0.15) is 56.6 Å². The van der Waals surface area contributed by atoms with Crippen LogP contribution in [0.4, 0.5) is 0 Å². The molecular weight excluding hydrogens is 348 g/mol. The highest BCUT2D eigenvalue weighted by atomic mass is 16.3. The third-order valence-electron chi connectivity index (χ3n) is 6.80. The summed E-state index contributed by atoms with van der Waals surface area (Å²) >= 11 is 0. The number of nitrogens with zero attached hydrogens (tertiary/aromatic N) is 2. The molecular formula is C24H26N2O2. The van der Waals surface area contributed by atoms with Gasteiger partial charge in [0.2, 0.25) is 0 Å².